The summed E-state index contributed by atoms with van der Waals surface area (Å²) in [5.41, 5.74) is 7.54. The molecule has 4 heteroatoms. The molecule has 0 saturated heterocycles. The van der Waals surface area contributed by atoms with Gasteiger partial charge in [0.15, 0.2) is 0 Å². The van der Waals surface area contributed by atoms with Crippen molar-refractivity contribution in [2.24, 2.45) is 11.7 Å². The van der Waals surface area contributed by atoms with Gasteiger partial charge in [-0.15, -0.1) is 0 Å². The van der Waals surface area contributed by atoms with Crippen LogP contribution in [0.2, 0.25) is 0 Å². The summed E-state index contributed by atoms with van der Waals surface area (Å²) < 4.78 is 5.61. The van der Waals surface area contributed by atoms with E-state index in [9.17, 15) is 4.79 Å². The fourth-order valence-electron chi connectivity index (χ4n) is 2.10. The summed E-state index contributed by atoms with van der Waals surface area (Å²) in [7, 11) is 0. The van der Waals surface area contributed by atoms with Gasteiger partial charge in [-0.25, -0.2) is 0 Å². The third-order valence-electron chi connectivity index (χ3n) is 3.07. The van der Waals surface area contributed by atoms with Gasteiger partial charge < -0.3 is 15.6 Å². The minimum absolute atomic E-state index is 0.293. The summed E-state index contributed by atoms with van der Waals surface area (Å²) in [6, 6.07) is 5.66. The van der Waals surface area contributed by atoms with E-state index in [1.54, 1.807) is 6.92 Å². The zero-order valence-corrected chi connectivity index (χ0v) is 9.14. The van der Waals surface area contributed by atoms with Crippen LogP contribution in [0.15, 0.2) is 18.2 Å². The van der Waals surface area contributed by atoms with E-state index in [2.05, 4.69) is 0 Å². The van der Waals surface area contributed by atoms with Gasteiger partial charge in [0.05, 0.1) is 5.92 Å². The number of nitrogens with two attached hydrogens (primary N) is 1. The largest absolute Gasteiger partial charge is 0.490 e. The van der Waals surface area contributed by atoms with E-state index in [-0.39, 0.29) is 6.10 Å². The maximum absolute atomic E-state index is 11.1. The number of aliphatic carboxylic acids is 1. The first-order valence-electron chi connectivity index (χ1n) is 5.33. The highest BCUT2D eigenvalue weighted by Gasteiger charge is 2.32. The smallest absolute Gasteiger partial charge is 0.310 e. The second kappa shape index (κ2) is 4.14. The van der Waals surface area contributed by atoms with Crippen molar-refractivity contribution in [1.29, 1.82) is 0 Å². The predicted octanol–water partition coefficient (Wildman–Crippen LogP) is 1.17. The molecular weight excluding hydrogens is 206 g/mol. The number of rotatable bonds is 2. The van der Waals surface area contributed by atoms with Crippen LogP contribution in [-0.2, 0) is 17.8 Å². The Labute approximate surface area is 94.0 Å². The maximum Gasteiger partial charge on any atom is 0.310 e. The SMILES string of the molecule is CC1Oc2cccc(CN)c2CC1C(=O)O. The van der Waals surface area contributed by atoms with Crippen LogP contribution in [-0.4, -0.2) is 17.2 Å². The van der Waals surface area contributed by atoms with E-state index >= 15 is 0 Å². The number of ether oxygens (including phenoxy) is 1. The molecule has 2 rings (SSSR count). The average Bonchev–Trinajstić information content (AvgIpc) is 2.26. The number of carboxylic acid groups (broad SMARTS) is 1. The monoisotopic (exact) mass is 221 g/mol. The number of benzene rings is 1. The standard InChI is InChI=1S/C12H15NO3/c1-7-9(12(14)15)5-10-8(6-13)3-2-4-11(10)16-7/h2-4,7,9H,5-6,13H2,1H3,(H,14,15). The maximum atomic E-state index is 11.1. The third-order valence-corrected chi connectivity index (χ3v) is 3.07. The topological polar surface area (TPSA) is 72.5 Å². The van der Waals surface area contributed by atoms with Gasteiger partial charge in [0.2, 0.25) is 0 Å². The molecule has 0 aromatic heterocycles. The molecule has 1 heterocycles. The van der Waals surface area contributed by atoms with Crippen molar-refractivity contribution in [2.75, 3.05) is 0 Å². The second-order valence-corrected chi connectivity index (χ2v) is 4.07. The minimum atomic E-state index is -0.815. The summed E-state index contributed by atoms with van der Waals surface area (Å²) in [5, 5.41) is 9.09. The van der Waals surface area contributed by atoms with E-state index < -0.39 is 11.9 Å². The molecule has 0 aliphatic carbocycles. The number of carboxylic acids is 1. The summed E-state index contributed by atoms with van der Waals surface area (Å²) in [4.78, 5) is 11.1. The summed E-state index contributed by atoms with van der Waals surface area (Å²) in [6.45, 7) is 2.20. The van der Waals surface area contributed by atoms with Crippen LogP contribution in [0.5, 0.6) is 5.75 Å². The molecule has 16 heavy (non-hydrogen) atoms. The Hall–Kier alpha value is -1.55. The summed E-state index contributed by atoms with van der Waals surface area (Å²) >= 11 is 0. The van der Waals surface area contributed by atoms with Gasteiger partial charge in [-0.1, -0.05) is 12.1 Å². The van der Waals surface area contributed by atoms with Crippen molar-refractivity contribution < 1.29 is 14.6 Å². The van der Waals surface area contributed by atoms with Gasteiger partial charge in [0.1, 0.15) is 11.9 Å². The Kier molecular flexibility index (Phi) is 2.83. The molecule has 1 aromatic carbocycles. The van der Waals surface area contributed by atoms with Crippen molar-refractivity contribution in [3.63, 3.8) is 0 Å². The third kappa shape index (κ3) is 1.76. The van der Waals surface area contributed by atoms with Crippen molar-refractivity contribution in [1.82, 2.24) is 0 Å². The molecule has 1 aromatic rings. The molecule has 0 bridgehead atoms. The molecule has 0 fully saturated rings. The molecule has 0 radical (unpaired) electrons. The first-order valence-corrected chi connectivity index (χ1v) is 5.33. The lowest BCUT2D eigenvalue weighted by molar-refractivity contribution is -0.145. The van der Waals surface area contributed by atoms with Crippen molar-refractivity contribution in [3.8, 4) is 5.75 Å². The molecule has 0 amide bonds. The number of hydrogen-bond donors (Lipinski definition) is 2. The molecule has 86 valence electrons. The van der Waals surface area contributed by atoms with Gasteiger partial charge in [0, 0.05) is 6.54 Å². The van der Waals surface area contributed by atoms with Crippen LogP contribution < -0.4 is 10.5 Å². The quantitative estimate of drug-likeness (QED) is 0.786. The Morgan fingerprint density at radius 3 is 3.00 bits per heavy atom. The van der Waals surface area contributed by atoms with E-state index in [0.717, 1.165) is 16.9 Å². The van der Waals surface area contributed by atoms with E-state index in [1.807, 2.05) is 18.2 Å². The van der Waals surface area contributed by atoms with E-state index in [4.69, 9.17) is 15.6 Å². The zero-order chi connectivity index (χ0) is 11.7. The second-order valence-electron chi connectivity index (χ2n) is 4.07. The molecule has 2 unspecified atom stereocenters. The van der Waals surface area contributed by atoms with Crippen LogP contribution in [0.1, 0.15) is 18.1 Å². The van der Waals surface area contributed by atoms with Gasteiger partial charge in [-0.3, -0.25) is 4.79 Å². The molecular formula is C12H15NO3. The van der Waals surface area contributed by atoms with Gasteiger partial charge in [-0.2, -0.15) is 0 Å². The molecule has 1 aliphatic rings. The highest BCUT2D eigenvalue weighted by Crippen LogP contribution is 2.33. The van der Waals surface area contributed by atoms with E-state index in [1.165, 1.54) is 0 Å². The fraction of sp³-hybridized carbons (Fsp3) is 0.417. The molecule has 2 atom stereocenters. The molecule has 1 aliphatic heterocycles. The minimum Gasteiger partial charge on any atom is -0.490 e. The Morgan fingerprint density at radius 2 is 2.38 bits per heavy atom. The molecule has 0 spiro atoms. The fourth-order valence-corrected chi connectivity index (χ4v) is 2.10. The van der Waals surface area contributed by atoms with Crippen molar-refractivity contribution in [2.45, 2.75) is 26.0 Å². The van der Waals surface area contributed by atoms with Crippen LogP contribution in [0, 0.1) is 5.92 Å². The lowest BCUT2D eigenvalue weighted by Gasteiger charge is -2.30. The lowest BCUT2D eigenvalue weighted by Crippen LogP contribution is -2.36. The lowest BCUT2D eigenvalue weighted by atomic mass is 9.89. The highest BCUT2D eigenvalue weighted by atomic mass is 16.5. The Morgan fingerprint density at radius 1 is 1.62 bits per heavy atom. The average molecular weight is 221 g/mol. The number of hydrogen-bond acceptors (Lipinski definition) is 3. The first kappa shape index (κ1) is 11.0. The normalized spacial score (nSPS) is 23.4. The first-order chi connectivity index (χ1) is 7.63. The summed E-state index contributed by atoms with van der Waals surface area (Å²) in [6.07, 6.45) is 0.206. The van der Waals surface area contributed by atoms with Gasteiger partial charge in [0.25, 0.3) is 0 Å². The van der Waals surface area contributed by atoms with Gasteiger partial charge >= 0.3 is 5.97 Å². The van der Waals surface area contributed by atoms with Crippen LogP contribution in [0.3, 0.4) is 0 Å². The predicted molar refractivity (Wildman–Crippen MR) is 59.3 cm³/mol. The number of carbonyl (C=O) groups is 1. The van der Waals surface area contributed by atoms with Crippen molar-refractivity contribution >= 4 is 5.97 Å². The highest BCUT2D eigenvalue weighted by molar-refractivity contribution is 5.72. The van der Waals surface area contributed by atoms with Gasteiger partial charge in [-0.05, 0) is 30.5 Å². The molecule has 3 N–H and O–H groups in total. The Bertz CT molecular complexity index is 417. The van der Waals surface area contributed by atoms with Crippen LogP contribution >= 0.6 is 0 Å². The van der Waals surface area contributed by atoms with Crippen molar-refractivity contribution in [3.05, 3.63) is 29.3 Å². The van der Waals surface area contributed by atoms with Crippen LogP contribution in [0.25, 0.3) is 0 Å². The number of fused-ring (bicyclic) bond motifs is 1. The van der Waals surface area contributed by atoms with E-state index in [0.29, 0.717) is 13.0 Å². The van der Waals surface area contributed by atoms with Crippen LogP contribution in [0.4, 0.5) is 0 Å². The Balaban J connectivity index is 2.39. The molecule has 4 nitrogen and oxygen atoms in total. The summed E-state index contributed by atoms with van der Waals surface area (Å²) in [5.74, 6) is -0.530. The molecule has 0 saturated carbocycles. The zero-order valence-electron chi connectivity index (χ0n) is 9.14.